The lowest BCUT2D eigenvalue weighted by molar-refractivity contribution is -0.148. The molecule has 0 radical (unpaired) electrons. The van der Waals surface area contributed by atoms with E-state index in [0.29, 0.717) is 77.0 Å². The highest BCUT2D eigenvalue weighted by Crippen LogP contribution is 2.34. The highest BCUT2D eigenvalue weighted by molar-refractivity contribution is 6.04. The number of Topliss-reactive ketones (excluding diaryl/α,β-unsaturated/α-hetero) is 1. The smallest absolute Gasteiger partial charge is 0.310 e. The maximum absolute atomic E-state index is 13.2. The summed E-state index contributed by atoms with van der Waals surface area (Å²) in [5.74, 6) is -3.79. The van der Waals surface area contributed by atoms with E-state index in [1.165, 1.54) is 21.1 Å². The van der Waals surface area contributed by atoms with Crippen LogP contribution in [0.15, 0.2) is 20.5 Å². The zero-order chi connectivity index (χ0) is 38.0. The van der Waals surface area contributed by atoms with Crippen molar-refractivity contribution in [3.05, 3.63) is 0 Å². The third kappa shape index (κ3) is 12.5. The van der Waals surface area contributed by atoms with Crippen LogP contribution < -0.4 is 10.6 Å². The number of carbonyl (C=O) groups is 8. The van der Waals surface area contributed by atoms with Crippen molar-refractivity contribution >= 4 is 48.8 Å². The Morgan fingerprint density at radius 2 is 1.33 bits per heavy atom. The lowest BCUT2D eigenvalue weighted by Gasteiger charge is -2.32. The normalized spacial score (nSPS) is 28.8. The van der Waals surface area contributed by atoms with Gasteiger partial charge in [0.2, 0.25) is 11.9 Å². The van der Waals surface area contributed by atoms with Crippen LogP contribution in [0.5, 0.6) is 0 Å². The molecule has 18 heteroatoms. The van der Waals surface area contributed by atoms with Crippen LogP contribution in [0, 0.1) is 23.7 Å². The Labute approximate surface area is 302 Å². The summed E-state index contributed by atoms with van der Waals surface area (Å²) >= 11 is 0. The van der Waals surface area contributed by atoms with Crippen molar-refractivity contribution in [3.63, 3.8) is 0 Å². The van der Waals surface area contributed by atoms with Crippen molar-refractivity contribution in [2.75, 3.05) is 27.4 Å². The first kappa shape index (κ1) is 41.8. The van der Waals surface area contributed by atoms with E-state index in [1.54, 1.807) is 0 Å². The third-order valence-corrected chi connectivity index (χ3v) is 10.1. The minimum absolute atomic E-state index is 0.0442. The molecular formula is C34H50N6O12. The Morgan fingerprint density at radius 1 is 0.712 bits per heavy atom. The molecular weight excluding hydrogens is 684 g/mol. The van der Waals surface area contributed by atoms with E-state index in [4.69, 9.17) is 18.9 Å². The molecule has 0 bridgehead atoms. The highest BCUT2D eigenvalue weighted by Gasteiger charge is 2.38. The summed E-state index contributed by atoms with van der Waals surface area (Å²) in [6.07, 6.45) is 5.08. The van der Waals surface area contributed by atoms with Gasteiger partial charge in [-0.3, -0.25) is 33.6 Å². The number of rotatable bonds is 19. The molecule has 18 nitrogen and oxygen atoms in total. The van der Waals surface area contributed by atoms with Gasteiger partial charge in [0.15, 0.2) is 11.8 Å². The average molecular weight is 735 g/mol. The summed E-state index contributed by atoms with van der Waals surface area (Å²) in [6, 6.07) is -4.26. The predicted molar refractivity (Wildman–Crippen MR) is 178 cm³/mol. The summed E-state index contributed by atoms with van der Waals surface area (Å²) in [6.45, 7) is 2.15. The third-order valence-electron chi connectivity index (χ3n) is 10.1. The van der Waals surface area contributed by atoms with Crippen molar-refractivity contribution < 1.29 is 57.3 Å². The molecule has 3 aliphatic rings. The largest absolute Gasteiger partial charge is 0.469 e. The fraction of sp³-hybridized carbons (Fsp3) is 0.765. The van der Waals surface area contributed by atoms with Gasteiger partial charge >= 0.3 is 11.9 Å². The second kappa shape index (κ2) is 21.7. The average Bonchev–Trinajstić information content (AvgIpc) is 3.14. The number of ketones is 1. The number of methoxy groups -OCH3 is 2. The second-order valence-corrected chi connectivity index (χ2v) is 13.6. The number of nitrogens with one attached hydrogen (secondary N) is 2. The number of aldehydes is 1. The lowest BCUT2D eigenvalue weighted by Crippen LogP contribution is -2.48. The van der Waals surface area contributed by atoms with Crippen molar-refractivity contribution in [3.8, 4) is 0 Å². The summed E-state index contributed by atoms with van der Waals surface area (Å²) < 4.78 is 19.6. The Kier molecular flexibility index (Phi) is 17.4. The van der Waals surface area contributed by atoms with Gasteiger partial charge in [-0.1, -0.05) is 0 Å². The standard InChI is InChI=1S/C34H50N6O12/c1-20(44)30(40-38-28-15-22(33(47)49-2)5-6-23(28)17-52-19-43)32(46)36-25-9-7-24(8-10-25)35-31(45)27(12-13-41)37-39-29-14-21(16-51-18-42)4-11-26(29)34(48)50-3/h13,18-19,21-30H,4-12,14-17H2,1-3H3,(H,35,45)(H,36,46). The van der Waals surface area contributed by atoms with E-state index < -0.39 is 65.5 Å². The van der Waals surface area contributed by atoms with Crippen molar-refractivity contribution in [1.29, 1.82) is 0 Å². The number of hydrogen-bond donors (Lipinski definition) is 2. The van der Waals surface area contributed by atoms with Crippen LogP contribution in [-0.2, 0) is 57.3 Å². The maximum atomic E-state index is 13.2. The van der Waals surface area contributed by atoms with Crippen molar-refractivity contribution in [2.24, 2.45) is 44.1 Å². The van der Waals surface area contributed by atoms with E-state index in [1.807, 2.05) is 0 Å². The Bertz CT molecular complexity index is 1320. The van der Waals surface area contributed by atoms with Gasteiger partial charge in [0, 0.05) is 24.4 Å². The first-order chi connectivity index (χ1) is 25.0. The van der Waals surface area contributed by atoms with Gasteiger partial charge in [0.25, 0.3) is 18.9 Å². The maximum Gasteiger partial charge on any atom is 0.310 e. The minimum Gasteiger partial charge on any atom is -0.469 e. The van der Waals surface area contributed by atoms with Crippen LogP contribution in [0.3, 0.4) is 0 Å². The SMILES string of the molecule is COC(=O)C1CCC(COC=O)C(N=NC(C(C)=O)C(=O)NC2CCC(NC(=O)C(CC=O)N=NC3CC(COC=O)CCC3C(=O)OC)CC2)C1. The van der Waals surface area contributed by atoms with Crippen LogP contribution in [0.2, 0.25) is 0 Å². The van der Waals surface area contributed by atoms with Crippen LogP contribution in [0.1, 0.15) is 77.6 Å². The van der Waals surface area contributed by atoms with Gasteiger partial charge in [-0.25, -0.2) is 0 Å². The Hall–Kier alpha value is -4.64. The fourth-order valence-corrected chi connectivity index (χ4v) is 7.09. The summed E-state index contributed by atoms with van der Waals surface area (Å²) in [5, 5.41) is 22.6. The van der Waals surface area contributed by atoms with Crippen LogP contribution >= 0.6 is 0 Å². The number of azo groups is 2. The zero-order valence-corrected chi connectivity index (χ0v) is 29.9. The fourth-order valence-electron chi connectivity index (χ4n) is 7.09. The molecule has 3 rings (SSSR count). The molecule has 52 heavy (non-hydrogen) atoms. The molecule has 8 unspecified atom stereocenters. The molecule has 2 N–H and O–H groups in total. The second-order valence-electron chi connectivity index (χ2n) is 13.6. The van der Waals surface area contributed by atoms with E-state index in [-0.39, 0.29) is 50.0 Å². The molecule has 0 aromatic heterocycles. The number of carbonyl (C=O) groups excluding carboxylic acids is 8. The molecule has 3 fully saturated rings. The zero-order valence-electron chi connectivity index (χ0n) is 29.9. The van der Waals surface area contributed by atoms with E-state index in [2.05, 4.69) is 31.1 Å². The number of esters is 2. The van der Waals surface area contributed by atoms with Crippen LogP contribution in [0.4, 0.5) is 0 Å². The minimum atomic E-state index is -1.41. The van der Waals surface area contributed by atoms with E-state index >= 15 is 0 Å². The molecule has 2 amide bonds. The molecule has 0 aromatic rings. The number of amides is 2. The molecule has 0 saturated heterocycles. The monoisotopic (exact) mass is 734 g/mol. The number of ether oxygens (including phenoxy) is 4. The summed E-state index contributed by atoms with van der Waals surface area (Å²) in [7, 11) is 2.57. The van der Waals surface area contributed by atoms with Crippen molar-refractivity contribution in [1.82, 2.24) is 10.6 Å². The molecule has 0 heterocycles. The molecule has 288 valence electrons. The number of nitrogens with zero attached hydrogens (tertiary/aromatic N) is 4. The first-order valence-electron chi connectivity index (χ1n) is 17.7. The Balaban J connectivity index is 1.56. The highest BCUT2D eigenvalue weighted by atomic mass is 16.5. The molecule has 0 spiro atoms. The summed E-state index contributed by atoms with van der Waals surface area (Å²) in [4.78, 5) is 96.2. The molecule has 8 atom stereocenters. The van der Waals surface area contributed by atoms with Gasteiger partial charge in [-0.05, 0) is 77.0 Å². The van der Waals surface area contributed by atoms with Crippen LogP contribution in [0.25, 0.3) is 0 Å². The quantitative estimate of drug-likeness (QED) is 0.0632. The Morgan fingerprint density at radius 3 is 1.92 bits per heavy atom. The number of hydrogen-bond acceptors (Lipinski definition) is 16. The van der Waals surface area contributed by atoms with Gasteiger partial charge < -0.3 is 34.4 Å². The summed E-state index contributed by atoms with van der Waals surface area (Å²) in [5.41, 5.74) is 0. The molecule has 0 aromatic carbocycles. The molecule has 0 aliphatic heterocycles. The predicted octanol–water partition coefficient (Wildman–Crippen LogP) is 1.61. The van der Waals surface area contributed by atoms with Gasteiger partial charge in [-0.2, -0.15) is 20.5 Å². The van der Waals surface area contributed by atoms with Crippen molar-refractivity contribution in [2.45, 2.75) is 114 Å². The first-order valence-corrected chi connectivity index (χ1v) is 17.7. The van der Waals surface area contributed by atoms with Gasteiger partial charge in [-0.15, -0.1) is 0 Å². The van der Waals surface area contributed by atoms with Gasteiger partial charge in [0.05, 0.1) is 51.4 Å². The van der Waals surface area contributed by atoms with E-state index in [9.17, 15) is 38.4 Å². The topological polar surface area (TPSA) is 247 Å². The molecule has 3 aliphatic carbocycles. The molecule has 3 saturated carbocycles. The van der Waals surface area contributed by atoms with Crippen LogP contribution in [-0.4, -0.2) is 112 Å². The lowest BCUT2D eigenvalue weighted by atomic mass is 9.79. The van der Waals surface area contributed by atoms with E-state index in [0.717, 1.165) is 0 Å². The van der Waals surface area contributed by atoms with Gasteiger partial charge in [0.1, 0.15) is 6.29 Å².